The highest BCUT2D eigenvalue weighted by Gasteiger charge is 2.46. The molecule has 7 heteroatoms. The minimum Gasteiger partial charge on any atom is -0.494 e. The van der Waals surface area contributed by atoms with Crippen LogP contribution in [0, 0.1) is 5.92 Å². The minimum absolute atomic E-state index is 0.0831. The van der Waals surface area contributed by atoms with Crippen LogP contribution in [-0.2, 0) is 14.4 Å². The van der Waals surface area contributed by atoms with Crippen LogP contribution in [0.4, 0.5) is 5.69 Å². The second kappa shape index (κ2) is 9.16. The number of hydrogen-bond acceptors (Lipinski definition) is 4. The average molecular weight is 415 g/mol. The summed E-state index contributed by atoms with van der Waals surface area (Å²) >= 11 is 0. The van der Waals surface area contributed by atoms with Crippen LogP contribution < -0.4 is 14.5 Å². The summed E-state index contributed by atoms with van der Waals surface area (Å²) in [6.07, 6.45) is 5.13. The van der Waals surface area contributed by atoms with Crippen molar-refractivity contribution >= 4 is 23.4 Å². The second-order valence-corrected chi connectivity index (χ2v) is 8.63. The van der Waals surface area contributed by atoms with Crippen LogP contribution >= 0.6 is 0 Å². The molecular formula is C23H32N3O4+. The molecule has 0 aliphatic carbocycles. The molecule has 30 heavy (non-hydrogen) atoms. The molecule has 1 aromatic carbocycles. The lowest BCUT2D eigenvalue weighted by Gasteiger charge is -2.32. The largest absolute Gasteiger partial charge is 0.494 e. The van der Waals surface area contributed by atoms with Crippen LogP contribution in [-0.4, -0.2) is 61.4 Å². The highest BCUT2D eigenvalue weighted by molar-refractivity contribution is 6.21. The number of carbonyl (C=O) groups is 3. The van der Waals surface area contributed by atoms with Crippen molar-refractivity contribution in [2.75, 3.05) is 37.7 Å². The molecule has 0 spiro atoms. The topological polar surface area (TPSA) is 71.4 Å². The number of likely N-dealkylation sites (tertiary alicyclic amines) is 2. The van der Waals surface area contributed by atoms with Crippen molar-refractivity contribution in [3.8, 4) is 5.75 Å². The van der Waals surface area contributed by atoms with Gasteiger partial charge in [0.05, 0.1) is 31.8 Å². The quantitative estimate of drug-likeness (QED) is 0.677. The number of carbonyl (C=O) groups excluding carboxylic acids is 3. The number of quaternary nitrogens is 1. The maximum atomic E-state index is 13.1. The van der Waals surface area contributed by atoms with Crippen LogP contribution in [0.2, 0.25) is 0 Å². The summed E-state index contributed by atoms with van der Waals surface area (Å²) in [4.78, 5) is 42.0. The normalized spacial score (nSPS) is 27.2. The van der Waals surface area contributed by atoms with Crippen molar-refractivity contribution in [3.63, 3.8) is 0 Å². The van der Waals surface area contributed by atoms with E-state index in [0.29, 0.717) is 30.5 Å². The number of anilines is 1. The highest BCUT2D eigenvalue weighted by atomic mass is 16.5. The fraction of sp³-hybridized carbons (Fsp3) is 0.609. The lowest BCUT2D eigenvalue weighted by Crippen LogP contribution is -3.17. The predicted octanol–water partition coefficient (Wildman–Crippen LogP) is 1.02. The van der Waals surface area contributed by atoms with Gasteiger partial charge in [0, 0.05) is 19.5 Å². The first kappa shape index (κ1) is 20.8. The van der Waals surface area contributed by atoms with Crippen molar-refractivity contribution in [3.05, 3.63) is 24.3 Å². The zero-order chi connectivity index (χ0) is 21.1. The van der Waals surface area contributed by atoms with Crippen molar-refractivity contribution < 1.29 is 24.0 Å². The van der Waals surface area contributed by atoms with E-state index >= 15 is 0 Å². The second-order valence-electron chi connectivity index (χ2n) is 8.63. The van der Waals surface area contributed by atoms with Gasteiger partial charge in [-0.2, -0.15) is 0 Å². The van der Waals surface area contributed by atoms with Gasteiger partial charge in [-0.3, -0.25) is 14.4 Å². The van der Waals surface area contributed by atoms with E-state index in [1.807, 2.05) is 11.8 Å². The number of ether oxygens (including phenoxy) is 1. The van der Waals surface area contributed by atoms with Gasteiger partial charge in [0.15, 0.2) is 6.04 Å². The van der Waals surface area contributed by atoms with E-state index in [-0.39, 0.29) is 24.3 Å². The molecule has 7 nitrogen and oxygen atoms in total. The lowest BCUT2D eigenvalue weighted by molar-refractivity contribution is -0.920. The third kappa shape index (κ3) is 4.36. The third-order valence-corrected chi connectivity index (χ3v) is 6.77. The SMILES string of the molecule is CCOc1ccc(N2C(=O)C[C@H]([NH+]3CCC(CCN4CCCC4=O)CC3)C2=O)cc1. The highest BCUT2D eigenvalue weighted by Crippen LogP contribution is 2.25. The Balaban J connectivity index is 1.30. The van der Waals surface area contributed by atoms with E-state index in [4.69, 9.17) is 4.74 Å². The zero-order valence-electron chi connectivity index (χ0n) is 17.8. The third-order valence-electron chi connectivity index (χ3n) is 6.77. The number of imide groups is 1. The summed E-state index contributed by atoms with van der Waals surface area (Å²) < 4.78 is 5.45. The van der Waals surface area contributed by atoms with Gasteiger partial charge >= 0.3 is 0 Å². The van der Waals surface area contributed by atoms with Crippen LogP contribution in [0.15, 0.2) is 24.3 Å². The molecule has 3 aliphatic heterocycles. The standard InChI is InChI=1S/C23H31N3O4/c1-2-30-19-7-5-18(6-8-19)26-22(28)16-20(23(26)29)24-13-9-17(10-14-24)11-15-25-12-3-4-21(25)27/h5-8,17,20H,2-4,9-16H2,1H3/p+1/t20-/m0/s1. The summed E-state index contributed by atoms with van der Waals surface area (Å²) in [7, 11) is 0. The first-order valence-corrected chi connectivity index (χ1v) is 11.3. The molecular weight excluding hydrogens is 382 g/mol. The Morgan fingerprint density at radius 3 is 2.43 bits per heavy atom. The Morgan fingerprint density at radius 1 is 1.07 bits per heavy atom. The zero-order valence-corrected chi connectivity index (χ0v) is 17.8. The maximum absolute atomic E-state index is 13.1. The Kier molecular flexibility index (Phi) is 6.37. The number of nitrogens with zero attached hydrogens (tertiary/aromatic N) is 2. The fourth-order valence-corrected chi connectivity index (χ4v) is 5.04. The average Bonchev–Trinajstić information content (AvgIpc) is 3.30. The molecule has 3 saturated heterocycles. The monoisotopic (exact) mass is 414 g/mol. The van der Waals surface area contributed by atoms with Gasteiger partial charge in [0.2, 0.25) is 11.8 Å². The molecule has 0 radical (unpaired) electrons. The molecule has 3 aliphatic rings. The molecule has 3 amide bonds. The van der Waals surface area contributed by atoms with Gasteiger partial charge < -0.3 is 14.5 Å². The van der Waals surface area contributed by atoms with Gasteiger partial charge in [0.25, 0.3) is 5.91 Å². The molecule has 0 bridgehead atoms. The summed E-state index contributed by atoms with van der Waals surface area (Å²) in [5, 5.41) is 0. The number of amides is 3. The molecule has 1 aromatic rings. The van der Waals surface area contributed by atoms with Gasteiger partial charge in [0.1, 0.15) is 5.75 Å². The van der Waals surface area contributed by atoms with Gasteiger partial charge in [-0.25, -0.2) is 4.90 Å². The number of rotatable bonds is 7. The van der Waals surface area contributed by atoms with Crippen molar-refractivity contribution in [2.24, 2.45) is 5.92 Å². The van der Waals surface area contributed by atoms with Crippen LogP contribution in [0.25, 0.3) is 0 Å². The number of piperidine rings is 1. The van der Waals surface area contributed by atoms with Crippen LogP contribution in [0.1, 0.15) is 45.4 Å². The molecule has 0 unspecified atom stereocenters. The molecule has 3 heterocycles. The minimum atomic E-state index is -0.273. The number of benzene rings is 1. The smallest absolute Gasteiger partial charge is 0.292 e. The number of nitrogens with one attached hydrogen (secondary N) is 1. The van der Waals surface area contributed by atoms with Crippen molar-refractivity contribution in [2.45, 2.75) is 51.5 Å². The van der Waals surface area contributed by atoms with E-state index < -0.39 is 0 Å². The molecule has 4 rings (SSSR count). The summed E-state index contributed by atoms with van der Waals surface area (Å²) in [6.45, 7) is 6.10. The summed E-state index contributed by atoms with van der Waals surface area (Å²) in [5.74, 6) is 1.44. The Morgan fingerprint density at radius 2 is 1.80 bits per heavy atom. The van der Waals surface area contributed by atoms with Crippen molar-refractivity contribution in [1.29, 1.82) is 0 Å². The molecule has 0 saturated carbocycles. The summed E-state index contributed by atoms with van der Waals surface area (Å²) in [6, 6.07) is 6.89. The molecule has 1 N–H and O–H groups in total. The van der Waals surface area contributed by atoms with Gasteiger partial charge in [-0.1, -0.05) is 0 Å². The molecule has 162 valence electrons. The Hall–Kier alpha value is -2.41. The Bertz CT molecular complexity index is 786. The van der Waals surface area contributed by atoms with Gasteiger partial charge in [-0.15, -0.1) is 0 Å². The maximum Gasteiger partial charge on any atom is 0.292 e. The van der Waals surface area contributed by atoms with Gasteiger partial charge in [-0.05, 0) is 62.8 Å². The van der Waals surface area contributed by atoms with Crippen molar-refractivity contribution in [1.82, 2.24) is 4.90 Å². The first-order valence-electron chi connectivity index (χ1n) is 11.3. The first-order chi connectivity index (χ1) is 14.6. The molecule has 3 fully saturated rings. The number of hydrogen-bond donors (Lipinski definition) is 1. The lowest BCUT2D eigenvalue weighted by atomic mass is 9.92. The van der Waals surface area contributed by atoms with E-state index in [1.54, 1.807) is 24.3 Å². The van der Waals surface area contributed by atoms with E-state index in [9.17, 15) is 14.4 Å². The van der Waals surface area contributed by atoms with Crippen LogP contribution in [0.3, 0.4) is 0 Å². The van der Waals surface area contributed by atoms with Crippen LogP contribution in [0.5, 0.6) is 5.75 Å². The Labute approximate surface area is 177 Å². The van der Waals surface area contributed by atoms with E-state index in [0.717, 1.165) is 57.6 Å². The fourth-order valence-electron chi connectivity index (χ4n) is 5.04. The van der Waals surface area contributed by atoms with E-state index in [1.165, 1.54) is 9.80 Å². The molecule has 1 atom stereocenters. The molecule has 0 aromatic heterocycles. The van der Waals surface area contributed by atoms with E-state index in [2.05, 4.69) is 0 Å². The predicted molar refractivity (Wildman–Crippen MR) is 112 cm³/mol. The summed E-state index contributed by atoms with van der Waals surface area (Å²) in [5.41, 5.74) is 0.625.